The largest absolute Gasteiger partial charge is 0.462 e. The van der Waals surface area contributed by atoms with Crippen LogP contribution in [0.1, 0.15) is 87.1 Å². The lowest BCUT2D eigenvalue weighted by Crippen LogP contribution is -2.49. The number of carbonyl (C=O) groups excluding carboxylic acids is 1. The van der Waals surface area contributed by atoms with E-state index < -0.39 is 5.60 Å². The molecule has 0 fully saturated rings. The molecular formula is C32H52N2O2. The molecule has 36 heavy (non-hydrogen) atoms. The zero-order chi connectivity index (χ0) is 28.6. The first-order valence-electron chi connectivity index (χ1n) is 13.1. The predicted octanol–water partition coefficient (Wildman–Crippen LogP) is 8.96. The van der Waals surface area contributed by atoms with Gasteiger partial charge in [0.05, 0.1) is 0 Å². The van der Waals surface area contributed by atoms with Gasteiger partial charge >= 0.3 is 0 Å². The fraction of sp³-hybridized carbons (Fsp3) is 0.438. The second-order valence-electron chi connectivity index (χ2n) is 7.47. The molecule has 0 saturated carbocycles. The zero-order valence-corrected chi connectivity index (χ0v) is 24.6. The third-order valence-corrected chi connectivity index (χ3v) is 4.68. The van der Waals surface area contributed by atoms with Crippen molar-refractivity contribution in [3.63, 3.8) is 0 Å². The standard InChI is InChI=1S/C26H34N2O2.3C2H6/c1-8-14-21(15-9-2)19-23(22-17-12-11-13-18-22)20(4)28-25(29)26(5,6)30-24(27-7)16-10-3;3*1-2/h8-18,20,23H,1,3,7,19H2,2,4-6H3,(H,28,29);3*1-2H3/b15-9-,21-14+,24-16+;;;. The van der Waals surface area contributed by atoms with Crippen LogP contribution in [0.4, 0.5) is 0 Å². The number of amides is 1. The Morgan fingerprint density at radius 2 is 1.56 bits per heavy atom. The number of benzene rings is 1. The molecule has 0 aliphatic rings. The van der Waals surface area contributed by atoms with Gasteiger partial charge in [-0.1, -0.05) is 115 Å². The molecule has 2 unspecified atom stereocenters. The van der Waals surface area contributed by atoms with Crippen LogP contribution in [0.25, 0.3) is 0 Å². The van der Waals surface area contributed by atoms with Gasteiger partial charge in [-0.05, 0) is 58.0 Å². The fourth-order valence-corrected chi connectivity index (χ4v) is 3.10. The van der Waals surface area contributed by atoms with E-state index in [0.29, 0.717) is 0 Å². The number of carbonyl (C=O) groups is 1. The zero-order valence-electron chi connectivity index (χ0n) is 24.6. The normalized spacial score (nSPS) is 12.7. The summed E-state index contributed by atoms with van der Waals surface area (Å²) in [4.78, 5) is 16.8. The third kappa shape index (κ3) is 15.0. The Morgan fingerprint density at radius 3 is 2.00 bits per heavy atom. The van der Waals surface area contributed by atoms with Crippen LogP contribution in [0.3, 0.4) is 0 Å². The van der Waals surface area contributed by atoms with Gasteiger partial charge in [0.2, 0.25) is 5.88 Å². The lowest BCUT2D eigenvalue weighted by molar-refractivity contribution is -0.139. The van der Waals surface area contributed by atoms with E-state index in [9.17, 15) is 4.79 Å². The van der Waals surface area contributed by atoms with Crippen molar-refractivity contribution in [1.29, 1.82) is 0 Å². The van der Waals surface area contributed by atoms with Crippen LogP contribution in [0.15, 0.2) is 96.4 Å². The molecule has 1 aromatic rings. The van der Waals surface area contributed by atoms with Crippen molar-refractivity contribution < 1.29 is 9.53 Å². The van der Waals surface area contributed by atoms with E-state index >= 15 is 0 Å². The molecule has 0 aliphatic heterocycles. The number of hydrogen-bond acceptors (Lipinski definition) is 3. The number of ether oxygens (including phenoxy) is 1. The highest BCUT2D eigenvalue weighted by atomic mass is 16.5. The van der Waals surface area contributed by atoms with Gasteiger partial charge in [0.25, 0.3) is 5.91 Å². The molecule has 0 heterocycles. The van der Waals surface area contributed by atoms with E-state index in [4.69, 9.17) is 4.74 Å². The Bertz CT molecular complexity index is 818. The molecule has 0 radical (unpaired) electrons. The minimum absolute atomic E-state index is 0.0778. The van der Waals surface area contributed by atoms with Crippen molar-refractivity contribution in [2.24, 2.45) is 4.99 Å². The van der Waals surface area contributed by atoms with Gasteiger partial charge in [0.15, 0.2) is 5.60 Å². The SMILES string of the molecule is C=C/C=C(\C=C/C)CC(c1ccccc1)C(C)NC(=O)C(C)(C)O/C(=C/C=C)N=C.CC.CC.CC. The summed E-state index contributed by atoms with van der Waals surface area (Å²) in [5.41, 5.74) is 1.18. The van der Waals surface area contributed by atoms with Crippen LogP contribution in [0, 0.1) is 0 Å². The minimum Gasteiger partial charge on any atom is -0.462 e. The average Bonchev–Trinajstić information content (AvgIpc) is 2.91. The van der Waals surface area contributed by atoms with Gasteiger partial charge in [-0.15, -0.1) is 0 Å². The summed E-state index contributed by atoms with van der Waals surface area (Å²) < 4.78 is 5.75. The van der Waals surface area contributed by atoms with Gasteiger partial charge < -0.3 is 10.1 Å². The Balaban J connectivity index is -0.00000168. The maximum Gasteiger partial charge on any atom is 0.263 e. The van der Waals surface area contributed by atoms with Gasteiger partial charge in [-0.2, -0.15) is 0 Å². The lowest BCUT2D eigenvalue weighted by atomic mass is 9.85. The van der Waals surface area contributed by atoms with Gasteiger partial charge in [-0.3, -0.25) is 4.79 Å². The second kappa shape index (κ2) is 23.6. The summed E-state index contributed by atoms with van der Waals surface area (Å²) in [5, 5.41) is 3.12. The molecule has 202 valence electrons. The highest BCUT2D eigenvalue weighted by Gasteiger charge is 2.33. The molecule has 0 aliphatic carbocycles. The Kier molecular flexibility index (Phi) is 24.5. The van der Waals surface area contributed by atoms with Crippen LogP contribution < -0.4 is 5.32 Å². The number of rotatable bonds is 12. The van der Waals surface area contributed by atoms with Gasteiger partial charge in [0.1, 0.15) is 0 Å². The molecule has 1 aromatic carbocycles. The molecule has 1 N–H and O–H groups in total. The minimum atomic E-state index is -1.12. The third-order valence-electron chi connectivity index (χ3n) is 4.68. The maximum absolute atomic E-state index is 13.0. The van der Waals surface area contributed by atoms with Crippen LogP contribution in [0.5, 0.6) is 0 Å². The second-order valence-corrected chi connectivity index (χ2v) is 7.47. The summed E-state index contributed by atoms with van der Waals surface area (Å²) in [6.07, 6.45) is 11.7. The topological polar surface area (TPSA) is 50.7 Å². The molecule has 0 saturated heterocycles. The van der Waals surface area contributed by atoms with Crippen LogP contribution in [-0.2, 0) is 9.53 Å². The lowest BCUT2D eigenvalue weighted by Gasteiger charge is -2.31. The van der Waals surface area contributed by atoms with Crippen molar-refractivity contribution >= 4 is 12.6 Å². The average molecular weight is 497 g/mol. The number of allylic oxidation sites excluding steroid dienone is 7. The fourth-order valence-electron chi connectivity index (χ4n) is 3.10. The van der Waals surface area contributed by atoms with E-state index in [0.717, 1.165) is 17.6 Å². The number of nitrogens with zero attached hydrogens (tertiary/aromatic N) is 1. The van der Waals surface area contributed by atoms with E-state index in [2.05, 4.69) is 48.4 Å². The van der Waals surface area contributed by atoms with Gasteiger partial charge in [-0.25, -0.2) is 4.99 Å². The summed E-state index contributed by atoms with van der Waals surface area (Å²) in [5.74, 6) is 0.102. The molecule has 1 amide bonds. The van der Waals surface area contributed by atoms with Gasteiger partial charge in [0, 0.05) is 12.0 Å². The number of nitrogens with one attached hydrogen (secondary N) is 1. The monoisotopic (exact) mass is 496 g/mol. The first kappa shape index (κ1) is 37.4. The highest BCUT2D eigenvalue weighted by Crippen LogP contribution is 2.28. The number of aliphatic imine (C=N–C) groups is 1. The Morgan fingerprint density at radius 1 is 1.03 bits per heavy atom. The summed E-state index contributed by atoms with van der Waals surface area (Å²) in [6.45, 7) is 30.3. The quantitative estimate of drug-likeness (QED) is 0.178. The molecule has 4 heteroatoms. The first-order chi connectivity index (χ1) is 17.3. The Hall–Kier alpha value is -3.14. The van der Waals surface area contributed by atoms with E-state index in [1.165, 1.54) is 0 Å². The predicted molar refractivity (Wildman–Crippen MR) is 162 cm³/mol. The molecule has 2 atom stereocenters. The molecular weight excluding hydrogens is 444 g/mol. The van der Waals surface area contributed by atoms with E-state index in [1.807, 2.05) is 85.7 Å². The van der Waals surface area contributed by atoms with Crippen LogP contribution >= 0.6 is 0 Å². The molecule has 0 spiro atoms. The van der Waals surface area contributed by atoms with Crippen LogP contribution in [-0.4, -0.2) is 24.3 Å². The van der Waals surface area contributed by atoms with Crippen molar-refractivity contribution in [3.05, 3.63) is 97.0 Å². The van der Waals surface area contributed by atoms with Crippen molar-refractivity contribution in [2.75, 3.05) is 0 Å². The summed E-state index contributed by atoms with van der Waals surface area (Å²) in [6, 6.07) is 10.1. The van der Waals surface area contributed by atoms with Crippen molar-refractivity contribution in [2.45, 2.75) is 93.2 Å². The maximum atomic E-state index is 13.0. The van der Waals surface area contributed by atoms with E-state index in [-0.39, 0.29) is 23.8 Å². The number of hydrogen-bond donors (Lipinski definition) is 1. The van der Waals surface area contributed by atoms with Crippen molar-refractivity contribution in [3.8, 4) is 0 Å². The molecule has 0 bridgehead atoms. The molecule has 4 nitrogen and oxygen atoms in total. The first-order valence-corrected chi connectivity index (χ1v) is 13.1. The van der Waals surface area contributed by atoms with Crippen molar-refractivity contribution in [1.82, 2.24) is 5.32 Å². The smallest absolute Gasteiger partial charge is 0.263 e. The van der Waals surface area contributed by atoms with E-state index in [1.54, 1.807) is 32.1 Å². The molecule has 1 rings (SSSR count). The summed E-state index contributed by atoms with van der Waals surface area (Å²) >= 11 is 0. The van der Waals surface area contributed by atoms with Crippen LogP contribution in [0.2, 0.25) is 0 Å². The highest BCUT2D eigenvalue weighted by molar-refractivity contribution is 5.84. The Labute approximate surface area is 222 Å². The molecule has 0 aromatic heterocycles. The summed E-state index contributed by atoms with van der Waals surface area (Å²) in [7, 11) is 0.